The third-order valence-corrected chi connectivity index (χ3v) is 3.30. The molecule has 0 atom stereocenters. The average molecular weight is 208 g/mol. The molecule has 1 heterocycles. The van der Waals surface area contributed by atoms with Crippen LogP contribution >= 0.6 is 0 Å². The van der Waals surface area contributed by atoms with Crippen LogP contribution in [0.3, 0.4) is 0 Å². The van der Waals surface area contributed by atoms with Gasteiger partial charge in [0.15, 0.2) is 0 Å². The minimum atomic E-state index is 0.886. The van der Waals surface area contributed by atoms with Crippen LogP contribution in [-0.4, -0.2) is 37.1 Å². The first-order chi connectivity index (χ1) is 7.45. The fraction of sp³-hybridized carbons (Fsp3) is 0.846. The third-order valence-electron chi connectivity index (χ3n) is 3.30. The van der Waals surface area contributed by atoms with Crippen LogP contribution < -0.4 is 5.32 Å². The van der Waals surface area contributed by atoms with Crippen LogP contribution in [0.5, 0.6) is 0 Å². The number of nitrogens with one attached hydrogen (secondary N) is 1. The summed E-state index contributed by atoms with van der Waals surface area (Å²) < 4.78 is 0. The Kier molecular flexibility index (Phi) is 4.68. The summed E-state index contributed by atoms with van der Waals surface area (Å²) >= 11 is 0. The van der Waals surface area contributed by atoms with E-state index in [0.29, 0.717) is 0 Å². The number of hydrogen-bond donors (Lipinski definition) is 1. The highest BCUT2D eigenvalue weighted by Crippen LogP contribution is 2.18. The number of nitrogens with zero attached hydrogens (tertiary/aromatic N) is 1. The largest absolute Gasteiger partial charge is 0.314 e. The number of hydrogen-bond acceptors (Lipinski definition) is 2. The van der Waals surface area contributed by atoms with Crippen molar-refractivity contribution >= 4 is 0 Å². The van der Waals surface area contributed by atoms with Gasteiger partial charge in [0.25, 0.3) is 0 Å². The van der Waals surface area contributed by atoms with Crippen molar-refractivity contribution in [2.24, 2.45) is 0 Å². The molecule has 1 aliphatic carbocycles. The molecule has 0 aromatic carbocycles. The van der Waals surface area contributed by atoms with Gasteiger partial charge < -0.3 is 5.32 Å². The van der Waals surface area contributed by atoms with Gasteiger partial charge in [-0.2, -0.15) is 0 Å². The topological polar surface area (TPSA) is 15.3 Å². The molecule has 15 heavy (non-hydrogen) atoms. The summed E-state index contributed by atoms with van der Waals surface area (Å²) in [6.07, 6.45) is 12.8. The lowest BCUT2D eigenvalue weighted by atomic mass is 10.2. The Morgan fingerprint density at radius 2 is 2.07 bits per heavy atom. The Labute approximate surface area is 93.7 Å². The molecule has 0 aromatic heterocycles. The van der Waals surface area contributed by atoms with E-state index >= 15 is 0 Å². The van der Waals surface area contributed by atoms with Gasteiger partial charge in [-0.25, -0.2) is 0 Å². The molecule has 2 heteroatoms. The van der Waals surface area contributed by atoms with Crippen molar-refractivity contribution in [1.82, 2.24) is 10.2 Å². The lowest BCUT2D eigenvalue weighted by Gasteiger charge is -2.22. The lowest BCUT2D eigenvalue weighted by Crippen LogP contribution is -2.28. The molecule has 0 bridgehead atoms. The van der Waals surface area contributed by atoms with Crippen molar-refractivity contribution in [2.45, 2.75) is 44.6 Å². The molecular formula is C13H24N2. The van der Waals surface area contributed by atoms with Gasteiger partial charge in [-0.3, -0.25) is 4.90 Å². The fourth-order valence-corrected chi connectivity index (χ4v) is 2.12. The Morgan fingerprint density at radius 3 is 2.80 bits per heavy atom. The molecule has 1 saturated carbocycles. The van der Waals surface area contributed by atoms with Gasteiger partial charge in [0.05, 0.1) is 0 Å². The van der Waals surface area contributed by atoms with E-state index in [1.165, 1.54) is 64.7 Å². The zero-order chi connectivity index (χ0) is 10.3. The zero-order valence-corrected chi connectivity index (χ0v) is 9.75. The van der Waals surface area contributed by atoms with E-state index < -0.39 is 0 Å². The van der Waals surface area contributed by atoms with Crippen LogP contribution in [0.2, 0.25) is 0 Å². The number of rotatable bonds is 7. The van der Waals surface area contributed by atoms with Gasteiger partial charge in [0, 0.05) is 19.1 Å². The molecule has 0 aromatic rings. The van der Waals surface area contributed by atoms with E-state index in [-0.39, 0.29) is 0 Å². The number of unbranched alkanes of at least 4 members (excludes halogenated alkanes) is 2. The highest BCUT2D eigenvalue weighted by atomic mass is 15.1. The van der Waals surface area contributed by atoms with Crippen LogP contribution in [-0.2, 0) is 0 Å². The molecule has 1 fully saturated rings. The van der Waals surface area contributed by atoms with Crippen molar-refractivity contribution in [2.75, 3.05) is 26.2 Å². The first kappa shape index (κ1) is 11.2. The van der Waals surface area contributed by atoms with Crippen LogP contribution in [0.25, 0.3) is 0 Å². The van der Waals surface area contributed by atoms with E-state index in [9.17, 15) is 0 Å². The summed E-state index contributed by atoms with van der Waals surface area (Å²) in [5.41, 5.74) is 0. The summed E-state index contributed by atoms with van der Waals surface area (Å²) in [5.74, 6) is 0. The second-order valence-corrected chi connectivity index (χ2v) is 4.85. The van der Waals surface area contributed by atoms with E-state index in [0.717, 1.165) is 6.04 Å². The predicted molar refractivity (Wildman–Crippen MR) is 65.1 cm³/mol. The molecule has 86 valence electrons. The molecule has 0 amide bonds. The summed E-state index contributed by atoms with van der Waals surface area (Å²) in [6.45, 7) is 5.00. The summed E-state index contributed by atoms with van der Waals surface area (Å²) in [6, 6.07) is 0.886. The van der Waals surface area contributed by atoms with Crippen molar-refractivity contribution in [3.63, 3.8) is 0 Å². The Morgan fingerprint density at radius 1 is 1.13 bits per heavy atom. The van der Waals surface area contributed by atoms with Crippen molar-refractivity contribution in [3.05, 3.63) is 12.2 Å². The first-order valence-electron chi connectivity index (χ1n) is 6.56. The smallest absolute Gasteiger partial charge is 0.0163 e. The van der Waals surface area contributed by atoms with E-state index in [1.54, 1.807) is 0 Å². The maximum atomic E-state index is 3.57. The Bertz CT molecular complexity index is 197. The maximum Gasteiger partial charge on any atom is 0.0163 e. The first-order valence-corrected chi connectivity index (χ1v) is 6.56. The highest BCUT2D eigenvalue weighted by Gasteiger charge is 2.19. The summed E-state index contributed by atoms with van der Waals surface area (Å²) in [5, 5.41) is 3.57. The molecule has 2 rings (SSSR count). The van der Waals surface area contributed by atoms with E-state index in [1.807, 2.05) is 0 Å². The molecule has 1 aliphatic heterocycles. The Hall–Kier alpha value is -0.340. The van der Waals surface area contributed by atoms with E-state index in [4.69, 9.17) is 0 Å². The second-order valence-electron chi connectivity index (χ2n) is 4.85. The van der Waals surface area contributed by atoms with Crippen LogP contribution in [0.4, 0.5) is 0 Å². The second kappa shape index (κ2) is 6.29. The van der Waals surface area contributed by atoms with Gasteiger partial charge in [-0.15, -0.1) is 0 Å². The normalized spacial score (nSPS) is 22.1. The lowest BCUT2D eigenvalue weighted by molar-refractivity contribution is 0.291. The van der Waals surface area contributed by atoms with Gasteiger partial charge in [0.2, 0.25) is 0 Å². The third kappa shape index (κ3) is 4.80. The summed E-state index contributed by atoms with van der Waals surface area (Å²) in [7, 11) is 0. The van der Waals surface area contributed by atoms with Gasteiger partial charge in [0.1, 0.15) is 0 Å². The van der Waals surface area contributed by atoms with Crippen LogP contribution in [0.1, 0.15) is 38.5 Å². The van der Waals surface area contributed by atoms with Crippen molar-refractivity contribution in [1.29, 1.82) is 0 Å². The van der Waals surface area contributed by atoms with Crippen molar-refractivity contribution < 1.29 is 0 Å². The highest BCUT2D eigenvalue weighted by molar-refractivity contribution is 4.90. The minimum Gasteiger partial charge on any atom is -0.314 e. The van der Waals surface area contributed by atoms with Crippen LogP contribution in [0, 0.1) is 0 Å². The summed E-state index contributed by atoms with van der Waals surface area (Å²) in [4.78, 5) is 2.56. The maximum absolute atomic E-state index is 3.57. The molecule has 1 N–H and O–H groups in total. The molecule has 2 nitrogen and oxygen atoms in total. The standard InChI is InChI=1S/C13H24N2/c1(3-9-14-13-7-8-13)4-10-15-11-5-2-6-12-15/h2,5,13-14H,1,3-4,6-12H2. The molecule has 0 unspecified atom stereocenters. The molecule has 0 spiro atoms. The van der Waals surface area contributed by atoms with Gasteiger partial charge >= 0.3 is 0 Å². The SMILES string of the molecule is C1=CCN(CCCCCNC2CC2)CC1. The zero-order valence-electron chi connectivity index (χ0n) is 9.75. The molecule has 2 aliphatic rings. The fourth-order valence-electron chi connectivity index (χ4n) is 2.12. The van der Waals surface area contributed by atoms with E-state index in [2.05, 4.69) is 22.4 Å². The van der Waals surface area contributed by atoms with Gasteiger partial charge in [-0.05, 0) is 45.2 Å². The molecule has 0 saturated heterocycles. The van der Waals surface area contributed by atoms with Gasteiger partial charge in [-0.1, -0.05) is 18.6 Å². The predicted octanol–water partition coefficient (Wildman–Crippen LogP) is 2.17. The average Bonchev–Trinajstić information content (AvgIpc) is 3.09. The van der Waals surface area contributed by atoms with Crippen LogP contribution in [0.15, 0.2) is 12.2 Å². The molecule has 0 radical (unpaired) electrons. The quantitative estimate of drug-likeness (QED) is 0.509. The minimum absolute atomic E-state index is 0.886. The molecular weight excluding hydrogens is 184 g/mol. The Balaban J connectivity index is 1.39. The van der Waals surface area contributed by atoms with Crippen molar-refractivity contribution in [3.8, 4) is 0 Å². The monoisotopic (exact) mass is 208 g/mol.